The van der Waals surface area contributed by atoms with Crippen LogP contribution in [0.4, 0.5) is 5.69 Å². The van der Waals surface area contributed by atoms with E-state index >= 15 is 0 Å². The average Bonchev–Trinajstić information content (AvgIpc) is 3.49. The lowest BCUT2D eigenvalue weighted by molar-refractivity contribution is -0.166. The third-order valence-electron chi connectivity index (χ3n) is 6.16. The highest BCUT2D eigenvalue weighted by Gasteiger charge is 2.42. The maximum Gasteiger partial charge on any atom is 0.346 e. The number of hydrogen-bond donors (Lipinski definition) is 3. The molecule has 0 amide bonds. The van der Waals surface area contributed by atoms with Gasteiger partial charge < -0.3 is 25.0 Å². The summed E-state index contributed by atoms with van der Waals surface area (Å²) in [6.07, 6.45) is 7.91. The molecule has 30 heavy (non-hydrogen) atoms. The molecule has 160 valence electrons. The lowest BCUT2D eigenvalue weighted by Crippen LogP contribution is -2.48. The number of nitrogens with zero attached hydrogens (tertiary/aromatic N) is 1. The van der Waals surface area contributed by atoms with Crippen molar-refractivity contribution in [1.82, 2.24) is 10.5 Å². The number of ether oxygens (including phenoxy) is 1. The standard InChI is InChI=1S/C22H27N3O4S/c1-3-28-20(26)22(27,18-10-11-29-25-18)12-23-21(30)24-19-16-8-4-6-14(16)13(2)15-7-5-9-17(15)19/h10-11,27H,3-9,12H2,1-2H3,(H2,23,24,30). The van der Waals surface area contributed by atoms with Gasteiger partial charge in [-0.15, -0.1) is 0 Å². The Labute approximate surface area is 181 Å². The minimum atomic E-state index is -1.99. The zero-order valence-electron chi connectivity index (χ0n) is 17.3. The first-order valence-corrected chi connectivity index (χ1v) is 10.9. The van der Waals surface area contributed by atoms with Crippen LogP contribution in [0.3, 0.4) is 0 Å². The minimum absolute atomic E-state index is 0.0772. The summed E-state index contributed by atoms with van der Waals surface area (Å²) in [5, 5.41) is 21.4. The summed E-state index contributed by atoms with van der Waals surface area (Å²) in [5.74, 6) is -0.800. The van der Waals surface area contributed by atoms with Gasteiger partial charge in [0.15, 0.2) is 5.11 Å². The van der Waals surface area contributed by atoms with Gasteiger partial charge >= 0.3 is 5.97 Å². The number of hydrogen-bond acceptors (Lipinski definition) is 6. The van der Waals surface area contributed by atoms with E-state index in [2.05, 4.69) is 22.7 Å². The topological polar surface area (TPSA) is 96.6 Å². The molecule has 0 radical (unpaired) electrons. The Hall–Kier alpha value is -2.45. The van der Waals surface area contributed by atoms with Gasteiger partial charge in [-0.2, -0.15) is 0 Å². The molecule has 3 N–H and O–H groups in total. The first-order chi connectivity index (χ1) is 14.5. The van der Waals surface area contributed by atoms with E-state index in [-0.39, 0.29) is 18.8 Å². The predicted molar refractivity (Wildman–Crippen MR) is 116 cm³/mol. The molecule has 0 fully saturated rings. The number of aliphatic hydroxyl groups is 1. The normalized spacial score (nSPS) is 16.5. The molecule has 0 saturated carbocycles. The lowest BCUT2D eigenvalue weighted by Gasteiger charge is -2.25. The Morgan fingerprint density at radius 2 is 1.87 bits per heavy atom. The number of aromatic nitrogens is 1. The number of fused-ring (bicyclic) bond motifs is 2. The average molecular weight is 430 g/mol. The van der Waals surface area contributed by atoms with Crippen molar-refractivity contribution in [3.8, 4) is 0 Å². The number of carbonyl (C=O) groups excluding carboxylic acids is 1. The van der Waals surface area contributed by atoms with E-state index in [9.17, 15) is 9.90 Å². The molecular weight excluding hydrogens is 402 g/mol. The zero-order valence-corrected chi connectivity index (χ0v) is 18.2. The maximum absolute atomic E-state index is 12.4. The largest absolute Gasteiger partial charge is 0.463 e. The third kappa shape index (κ3) is 3.58. The highest BCUT2D eigenvalue weighted by Crippen LogP contribution is 2.41. The lowest BCUT2D eigenvalue weighted by atomic mass is 9.93. The molecule has 0 bridgehead atoms. The molecule has 0 aliphatic heterocycles. The van der Waals surface area contributed by atoms with Crippen LogP contribution in [0.5, 0.6) is 0 Å². The number of anilines is 1. The van der Waals surface area contributed by atoms with Crippen LogP contribution in [-0.2, 0) is 40.8 Å². The number of benzene rings is 1. The van der Waals surface area contributed by atoms with Crippen LogP contribution in [0.25, 0.3) is 0 Å². The number of rotatable bonds is 6. The number of carbonyl (C=O) groups is 1. The maximum atomic E-state index is 12.4. The molecule has 0 saturated heterocycles. The van der Waals surface area contributed by atoms with Crippen LogP contribution in [0, 0.1) is 6.92 Å². The van der Waals surface area contributed by atoms with Gasteiger partial charge in [-0.1, -0.05) is 5.16 Å². The fourth-order valence-corrected chi connectivity index (χ4v) is 4.87. The van der Waals surface area contributed by atoms with Crippen molar-refractivity contribution in [3.63, 3.8) is 0 Å². The Morgan fingerprint density at radius 1 is 1.23 bits per heavy atom. The van der Waals surface area contributed by atoms with E-state index < -0.39 is 11.6 Å². The van der Waals surface area contributed by atoms with Gasteiger partial charge in [0.25, 0.3) is 0 Å². The van der Waals surface area contributed by atoms with E-state index in [0.29, 0.717) is 5.11 Å². The Balaban J connectivity index is 1.54. The second kappa shape index (κ2) is 8.35. The van der Waals surface area contributed by atoms with Crippen LogP contribution >= 0.6 is 12.2 Å². The molecule has 2 aliphatic rings. The quantitative estimate of drug-likeness (QED) is 0.476. The smallest absolute Gasteiger partial charge is 0.346 e. The summed E-state index contributed by atoms with van der Waals surface area (Å²) in [4.78, 5) is 12.4. The highest BCUT2D eigenvalue weighted by molar-refractivity contribution is 7.80. The second-order valence-corrected chi connectivity index (χ2v) is 8.30. The number of esters is 1. The van der Waals surface area contributed by atoms with Crippen molar-refractivity contribution in [2.45, 2.75) is 58.0 Å². The van der Waals surface area contributed by atoms with Crippen molar-refractivity contribution >= 4 is 29.0 Å². The van der Waals surface area contributed by atoms with Gasteiger partial charge in [-0.3, -0.25) is 0 Å². The van der Waals surface area contributed by atoms with E-state index in [4.69, 9.17) is 21.5 Å². The van der Waals surface area contributed by atoms with Crippen LogP contribution in [0.1, 0.15) is 53.3 Å². The molecular formula is C22H27N3O4S. The minimum Gasteiger partial charge on any atom is -0.463 e. The van der Waals surface area contributed by atoms with E-state index in [0.717, 1.165) is 44.2 Å². The summed E-state index contributed by atoms with van der Waals surface area (Å²) in [6, 6.07) is 1.44. The molecule has 1 aromatic heterocycles. The highest BCUT2D eigenvalue weighted by atomic mass is 32.1. The molecule has 0 spiro atoms. The van der Waals surface area contributed by atoms with Crippen LogP contribution in [0.2, 0.25) is 0 Å². The van der Waals surface area contributed by atoms with Gasteiger partial charge in [0.05, 0.1) is 13.2 Å². The zero-order chi connectivity index (χ0) is 21.3. The number of nitrogens with one attached hydrogen (secondary N) is 2. The molecule has 1 aromatic carbocycles. The van der Waals surface area contributed by atoms with Crippen molar-refractivity contribution in [1.29, 1.82) is 0 Å². The molecule has 1 heterocycles. The van der Waals surface area contributed by atoms with Crippen molar-refractivity contribution < 1.29 is 19.2 Å². The molecule has 4 rings (SSSR count). The SMILES string of the molecule is CCOC(=O)C(O)(CNC(=S)Nc1c2c(c(C)c3c1CCC3)CCC2)c1ccon1. The molecule has 1 unspecified atom stereocenters. The van der Waals surface area contributed by atoms with Crippen molar-refractivity contribution in [2.75, 3.05) is 18.5 Å². The van der Waals surface area contributed by atoms with Crippen LogP contribution < -0.4 is 10.6 Å². The van der Waals surface area contributed by atoms with Gasteiger partial charge in [0.2, 0.25) is 5.60 Å². The Kier molecular flexibility index (Phi) is 5.79. The molecule has 2 aliphatic carbocycles. The fourth-order valence-electron chi connectivity index (χ4n) is 4.69. The molecule has 8 heteroatoms. The first-order valence-electron chi connectivity index (χ1n) is 10.5. The van der Waals surface area contributed by atoms with Crippen LogP contribution in [0.15, 0.2) is 16.9 Å². The Bertz CT molecular complexity index is 938. The van der Waals surface area contributed by atoms with Gasteiger partial charge in [-0.25, -0.2) is 4.79 Å². The van der Waals surface area contributed by atoms with Crippen molar-refractivity contribution in [2.24, 2.45) is 0 Å². The summed E-state index contributed by atoms with van der Waals surface area (Å²) >= 11 is 5.53. The van der Waals surface area contributed by atoms with E-state index in [1.807, 2.05) is 0 Å². The summed E-state index contributed by atoms with van der Waals surface area (Å²) in [7, 11) is 0. The summed E-state index contributed by atoms with van der Waals surface area (Å²) in [5.41, 5.74) is 6.25. The molecule has 7 nitrogen and oxygen atoms in total. The molecule has 1 atom stereocenters. The van der Waals surface area contributed by atoms with E-state index in [1.165, 1.54) is 40.1 Å². The third-order valence-corrected chi connectivity index (χ3v) is 6.41. The van der Waals surface area contributed by atoms with Crippen LogP contribution in [-0.4, -0.2) is 34.5 Å². The van der Waals surface area contributed by atoms with Gasteiger partial charge in [-0.05, 0) is 92.4 Å². The van der Waals surface area contributed by atoms with E-state index in [1.54, 1.807) is 6.92 Å². The first kappa shape index (κ1) is 20.8. The summed E-state index contributed by atoms with van der Waals surface area (Å²) in [6.45, 7) is 3.88. The van der Waals surface area contributed by atoms with Crippen molar-refractivity contribution in [3.05, 3.63) is 45.8 Å². The fraction of sp³-hybridized carbons (Fsp3) is 0.500. The molecule has 2 aromatic rings. The van der Waals surface area contributed by atoms with Gasteiger partial charge in [0.1, 0.15) is 12.0 Å². The Morgan fingerprint density at radius 3 is 2.43 bits per heavy atom. The van der Waals surface area contributed by atoms with Gasteiger partial charge in [0, 0.05) is 11.8 Å². The second-order valence-electron chi connectivity index (χ2n) is 7.89. The number of thiocarbonyl (C=S) groups is 1. The summed E-state index contributed by atoms with van der Waals surface area (Å²) < 4.78 is 9.85. The monoisotopic (exact) mass is 429 g/mol. The predicted octanol–water partition coefficient (Wildman–Crippen LogP) is 2.70.